The lowest BCUT2D eigenvalue weighted by Gasteiger charge is -2.37. The molecule has 0 aliphatic carbocycles. The fraction of sp³-hybridized carbons (Fsp3) is 0.208. The fourth-order valence-electron chi connectivity index (χ4n) is 3.30. The Morgan fingerprint density at radius 1 is 1.15 bits per heavy atom. The first kappa shape index (κ1) is 22.3. The van der Waals surface area contributed by atoms with Crippen LogP contribution in [0.25, 0.3) is 0 Å². The summed E-state index contributed by atoms with van der Waals surface area (Å²) in [4.78, 5) is 21.6. The van der Waals surface area contributed by atoms with Crippen LogP contribution in [0.1, 0.15) is 11.1 Å². The molecular weight excluding hydrogens is 433 g/mol. The third kappa shape index (κ3) is 6.09. The molecule has 0 unspecified atom stereocenters. The second-order valence-corrected chi connectivity index (χ2v) is 7.60. The van der Waals surface area contributed by atoms with Crippen molar-refractivity contribution >= 4 is 11.7 Å². The molecule has 1 saturated heterocycles. The van der Waals surface area contributed by atoms with Crippen molar-refractivity contribution in [2.24, 2.45) is 5.92 Å². The number of rotatable bonds is 6. The number of hydrogen-bond donors (Lipinski definition) is 1. The van der Waals surface area contributed by atoms with Crippen molar-refractivity contribution in [2.45, 2.75) is 12.6 Å². The lowest BCUT2D eigenvalue weighted by Crippen LogP contribution is -2.50. The van der Waals surface area contributed by atoms with E-state index in [2.05, 4.69) is 21.4 Å². The SMILES string of the molecule is O=C(Nc1cccnc1)N1CC(/C=C/Cc2cccc(Oc3ccc(C(F)(F)F)cn3)c2)C1. The Morgan fingerprint density at radius 2 is 2.00 bits per heavy atom. The van der Waals surface area contributed by atoms with Gasteiger partial charge in [0.15, 0.2) is 0 Å². The summed E-state index contributed by atoms with van der Waals surface area (Å²) >= 11 is 0. The predicted molar refractivity (Wildman–Crippen MR) is 117 cm³/mol. The van der Waals surface area contributed by atoms with E-state index in [0.717, 1.165) is 17.8 Å². The van der Waals surface area contributed by atoms with Crippen LogP contribution in [0.2, 0.25) is 0 Å². The van der Waals surface area contributed by atoms with E-state index in [1.54, 1.807) is 35.5 Å². The van der Waals surface area contributed by atoms with Crippen molar-refractivity contribution in [3.63, 3.8) is 0 Å². The third-order valence-electron chi connectivity index (χ3n) is 5.06. The Labute approximate surface area is 188 Å². The molecule has 33 heavy (non-hydrogen) atoms. The van der Waals surface area contributed by atoms with Crippen LogP contribution in [0, 0.1) is 5.92 Å². The summed E-state index contributed by atoms with van der Waals surface area (Å²) in [6.45, 7) is 1.29. The number of aromatic nitrogens is 2. The molecule has 4 rings (SSSR count). The van der Waals surface area contributed by atoms with Gasteiger partial charge in [0.1, 0.15) is 5.75 Å². The number of alkyl halides is 3. The molecule has 1 aliphatic heterocycles. The topological polar surface area (TPSA) is 67.4 Å². The molecule has 3 heterocycles. The normalized spacial score (nSPS) is 14.2. The quantitative estimate of drug-likeness (QED) is 0.496. The molecule has 0 radical (unpaired) electrons. The number of carbonyl (C=O) groups is 1. The minimum absolute atomic E-state index is 0.0924. The number of nitrogens with zero attached hydrogens (tertiary/aromatic N) is 3. The van der Waals surface area contributed by atoms with Gasteiger partial charge in [-0.1, -0.05) is 24.3 Å². The molecule has 0 spiro atoms. The van der Waals surface area contributed by atoms with Crippen molar-refractivity contribution in [3.05, 3.63) is 90.4 Å². The van der Waals surface area contributed by atoms with Crippen molar-refractivity contribution in [1.29, 1.82) is 0 Å². The smallest absolute Gasteiger partial charge is 0.417 e. The van der Waals surface area contributed by atoms with Crippen molar-refractivity contribution in [3.8, 4) is 11.6 Å². The molecule has 0 saturated carbocycles. The number of hydrogen-bond acceptors (Lipinski definition) is 4. The van der Waals surface area contributed by atoms with Gasteiger partial charge in [0.25, 0.3) is 0 Å². The Kier molecular flexibility index (Phi) is 6.58. The summed E-state index contributed by atoms with van der Waals surface area (Å²) in [7, 11) is 0. The molecule has 1 N–H and O–H groups in total. The van der Waals surface area contributed by atoms with E-state index in [0.29, 0.717) is 36.9 Å². The first-order valence-corrected chi connectivity index (χ1v) is 10.3. The number of pyridine rings is 2. The number of benzene rings is 1. The Balaban J connectivity index is 1.24. The van der Waals surface area contributed by atoms with Crippen LogP contribution in [0.5, 0.6) is 11.6 Å². The second kappa shape index (κ2) is 9.72. The maximum absolute atomic E-state index is 12.6. The number of allylic oxidation sites excluding steroid dienone is 1. The van der Waals surface area contributed by atoms with E-state index in [4.69, 9.17) is 4.74 Å². The Hall–Kier alpha value is -3.88. The highest BCUT2D eigenvalue weighted by molar-refractivity contribution is 5.89. The average Bonchev–Trinajstić information content (AvgIpc) is 2.76. The first-order chi connectivity index (χ1) is 15.9. The van der Waals surface area contributed by atoms with Crippen LogP contribution >= 0.6 is 0 Å². The first-order valence-electron chi connectivity index (χ1n) is 10.3. The number of urea groups is 1. The maximum Gasteiger partial charge on any atom is 0.417 e. The van der Waals surface area contributed by atoms with Gasteiger partial charge in [0, 0.05) is 37.5 Å². The molecule has 1 fully saturated rings. The minimum atomic E-state index is -4.43. The number of likely N-dealkylation sites (tertiary alicyclic amines) is 1. The molecule has 2 aromatic heterocycles. The van der Waals surface area contributed by atoms with Gasteiger partial charge in [-0.2, -0.15) is 13.2 Å². The van der Waals surface area contributed by atoms with E-state index >= 15 is 0 Å². The van der Waals surface area contributed by atoms with Crippen LogP contribution in [0.4, 0.5) is 23.7 Å². The summed E-state index contributed by atoms with van der Waals surface area (Å²) in [5, 5.41) is 2.81. The number of carbonyl (C=O) groups excluding carboxylic acids is 1. The zero-order chi connectivity index (χ0) is 23.3. The molecule has 1 aromatic carbocycles. The van der Waals surface area contributed by atoms with Gasteiger partial charge in [-0.25, -0.2) is 9.78 Å². The van der Waals surface area contributed by atoms with Crippen LogP contribution in [0.15, 0.2) is 79.3 Å². The molecule has 6 nitrogen and oxygen atoms in total. The van der Waals surface area contributed by atoms with Gasteiger partial charge in [-0.05, 0) is 42.3 Å². The summed E-state index contributed by atoms with van der Waals surface area (Å²) < 4.78 is 43.5. The summed E-state index contributed by atoms with van der Waals surface area (Å²) in [6, 6.07) is 12.8. The highest BCUT2D eigenvalue weighted by Crippen LogP contribution is 2.30. The zero-order valence-corrected chi connectivity index (χ0v) is 17.5. The van der Waals surface area contributed by atoms with Crippen molar-refractivity contribution < 1.29 is 22.7 Å². The van der Waals surface area contributed by atoms with Gasteiger partial charge in [0.05, 0.1) is 17.4 Å². The minimum Gasteiger partial charge on any atom is -0.439 e. The van der Waals surface area contributed by atoms with E-state index in [1.807, 2.05) is 24.3 Å². The monoisotopic (exact) mass is 454 g/mol. The standard InChI is InChI=1S/C24H21F3N4O2/c25-24(26,27)19-9-10-22(29-13-19)33-21-8-2-5-17(12-21)4-1-6-18-15-31(16-18)23(32)30-20-7-3-11-28-14-20/h1-3,5-14,18H,4,15-16H2,(H,30,32)/b6-1+. The van der Waals surface area contributed by atoms with Crippen molar-refractivity contribution in [2.75, 3.05) is 18.4 Å². The lowest BCUT2D eigenvalue weighted by molar-refractivity contribution is -0.137. The van der Waals surface area contributed by atoms with Gasteiger partial charge in [-0.3, -0.25) is 4.98 Å². The molecule has 9 heteroatoms. The summed E-state index contributed by atoms with van der Waals surface area (Å²) in [5.74, 6) is 0.880. The van der Waals surface area contributed by atoms with Gasteiger partial charge < -0.3 is 15.0 Å². The maximum atomic E-state index is 12.6. The second-order valence-electron chi connectivity index (χ2n) is 7.60. The molecule has 2 amide bonds. The summed E-state index contributed by atoms with van der Waals surface area (Å²) in [5.41, 5.74) is 0.828. The third-order valence-corrected chi connectivity index (χ3v) is 5.06. The molecule has 1 aliphatic rings. The van der Waals surface area contributed by atoms with E-state index in [9.17, 15) is 18.0 Å². The van der Waals surface area contributed by atoms with E-state index in [-0.39, 0.29) is 11.9 Å². The number of anilines is 1. The highest BCUT2D eigenvalue weighted by atomic mass is 19.4. The van der Waals surface area contributed by atoms with E-state index in [1.165, 1.54) is 6.07 Å². The molecule has 0 atom stereocenters. The Bertz CT molecular complexity index is 1110. The largest absolute Gasteiger partial charge is 0.439 e. The van der Waals surface area contributed by atoms with Crippen LogP contribution in [-0.2, 0) is 12.6 Å². The number of nitrogens with one attached hydrogen (secondary N) is 1. The Morgan fingerprint density at radius 3 is 2.70 bits per heavy atom. The van der Waals surface area contributed by atoms with Crippen LogP contribution < -0.4 is 10.1 Å². The molecule has 170 valence electrons. The highest BCUT2D eigenvalue weighted by Gasteiger charge is 2.31. The van der Waals surface area contributed by atoms with Crippen LogP contribution in [-0.4, -0.2) is 34.0 Å². The zero-order valence-electron chi connectivity index (χ0n) is 17.5. The fourth-order valence-corrected chi connectivity index (χ4v) is 3.30. The van der Waals surface area contributed by atoms with Gasteiger partial charge >= 0.3 is 12.2 Å². The summed E-state index contributed by atoms with van der Waals surface area (Å²) in [6.07, 6.45) is 4.35. The predicted octanol–water partition coefficient (Wildman–Crippen LogP) is 5.55. The van der Waals surface area contributed by atoms with Gasteiger partial charge in [0.2, 0.25) is 5.88 Å². The number of halogens is 3. The molecular formula is C24H21F3N4O2. The van der Waals surface area contributed by atoms with Gasteiger partial charge in [-0.15, -0.1) is 0 Å². The number of amides is 2. The number of ether oxygens (including phenoxy) is 1. The molecule has 3 aromatic rings. The average molecular weight is 454 g/mol. The molecule has 0 bridgehead atoms. The van der Waals surface area contributed by atoms with E-state index < -0.39 is 11.7 Å². The lowest BCUT2D eigenvalue weighted by atomic mass is 9.99. The van der Waals surface area contributed by atoms with Crippen molar-refractivity contribution in [1.82, 2.24) is 14.9 Å². The van der Waals surface area contributed by atoms with Crippen LogP contribution in [0.3, 0.4) is 0 Å².